The molecule has 0 amide bonds. The summed E-state index contributed by atoms with van der Waals surface area (Å²) in [6.07, 6.45) is 0. The van der Waals surface area contributed by atoms with Crippen LogP contribution in [0.3, 0.4) is 0 Å². The lowest BCUT2D eigenvalue weighted by molar-refractivity contribution is 1.28. The zero-order chi connectivity index (χ0) is 8.59. The highest BCUT2D eigenvalue weighted by atomic mass is 79.9. The largest absolute Gasteiger partial charge is 0.229 e. The van der Waals surface area contributed by atoms with Crippen molar-refractivity contribution in [2.45, 2.75) is 0 Å². The van der Waals surface area contributed by atoms with E-state index >= 15 is 0 Å². The minimum atomic E-state index is -0.110. The summed E-state index contributed by atoms with van der Waals surface area (Å²) < 4.78 is 14.7. The molecule has 0 aliphatic carbocycles. The van der Waals surface area contributed by atoms with Crippen LogP contribution in [-0.4, -0.2) is 4.98 Å². The molecule has 0 atom stereocenters. The maximum atomic E-state index is 7.26. The maximum absolute atomic E-state index is 7.26. The first-order valence-electron chi connectivity index (χ1n) is 3.01. The first-order valence-corrected chi connectivity index (χ1v) is 3.56. The number of pyridine rings is 1. The van der Waals surface area contributed by atoms with E-state index in [0.29, 0.717) is 0 Å². The van der Waals surface area contributed by atoms with Crippen molar-refractivity contribution in [3.05, 3.63) is 26.9 Å². The normalized spacial score (nSPS) is 12.8. The standard InChI is InChI=1S/C5H2BrCl2N/c6-4-1-3(7)2-5(8)9-4/h1-2H/i1D,2D. The Morgan fingerprint density at radius 1 is 1.56 bits per heavy atom. The van der Waals surface area contributed by atoms with Crippen molar-refractivity contribution in [3.8, 4) is 0 Å². The van der Waals surface area contributed by atoms with Crippen molar-refractivity contribution >= 4 is 39.1 Å². The van der Waals surface area contributed by atoms with E-state index in [-0.39, 0.29) is 26.9 Å². The molecule has 1 aromatic rings. The van der Waals surface area contributed by atoms with Crippen LogP contribution in [0.5, 0.6) is 0 Å². The van der Waals surface area contributed by atoms with Gasteiger partial charge in [0, 0.05) is 5.02 Å². The monoisotopic (exact) mass is 227 g/mol. The minimum Gasteiger partial charge on any atom is -0.229 e. The van der Waals surface area contributed by atoms with Crippen LogP contribution in [0.2, 0.25) is 10.2 Å². The van der Waals surface area contributed by atoms with Gasteiger partial charge in [0.1, 0.15) is 9.76 Å². The maximum Gasteiger partial charge on any atom is 0.131 e. The van der Waals surface area contributed by atoms with Crippen molar-refractivity contribution in [1.82, 2.24) is 4.98 Å². The van der Waals surface area contributed by atoms with Crippen LogP contribution in [0, 0.1) is 0 Å². The highest BCUT2D eigenvalue weighted by Gasteiger charge is 1.93. The number of nitrogens with zero attached hydrogens (tertiary/aromatic N) is 1. The molecular weight excluding hydrogens is 225 g/mol. The van der Waals surface area contributed by atoms with Crippen molar-refractivity contribution in [1.29, 1.82) is 0 Å². The number of aromatic nitrogens is 1. The third-order valence-corrected chi connectivity index (χ3v) is 1.37. The van der Waals surface area contributed by atoms with Crippen LogP contribution in [0.15, 0.2) is 16.7 Å². The Bertz CT molecular complexity index is 279. The second kappa shape index (κ2) is 2.86. The molecule has 0 N–H and O–H groups in total. The van der Waals surface area contributed by atoms with Gasteiger partial charge in [-0.25, -0.2) is 4.98 Å². The smallest absolute Gasteiger partial charge is 0.131 e. The first-order chi connectivity index (χ1) is 5.04. The predicted octanol–water partition coefficient (Wildman–Crippen LogP) is 3.15. The lowest BCUT2D eigenvalue weighted by Crippen LogP contribution is -1.74. The Morgan fingerprint density at radius 3 is 2.89 bits per heavy atom. The molecule has 0 fully saturated rings. The third-order valence-electron chi connectivity index (χ3n) is 0.622. The zero-order valence-electron chi connectivity index (χ0n) is 6.08. The Labute approximate surface area is 73.9 Å². The Kier molecular flexibility index (Phi) is 1.57. The molecule has 0 bridgehead atoms. The van der Waals surface area contributed by atoms with Gasteiger partial charge in [-0.1, -0.05) is 23.2 Å². The van der Waals surface area contributed by atoms with Crippen molar-refractivity contribution in [3.63, 3.8) is 0 Å². The van der Waals surface area contributed by atoms with E-state index in [9.17, 15) is 0 Å². The second-order valence-corrected chi connectivity index (χ2v) is 2.74. The van der Waals surface area contributed by atoms with Gasteiger partial charge < -0.3 is 0 Å². The fourth-order valence-corrected chi connectivity index (χ4v) is 1.35. The summed E-state index contributed by atoms with van der Waals surface area (Å²) in [5.74, 6) is 0. The van der Waals surface area contributed by atoms with Gasteiger partial charge in [0.25, 0.3) is 0 Å². The zero-order valence-corrected chi connectivity index (χ0v) is 7.18. The second-order valence-electron chi connectivity index (χ2n) is 1.26. The van der Waals surface area contributed by atoms with Crippen LogP contribution in [0.4, 0.5) is 0 Å². The molecule has 0 saturated heterocycles. The van der Waals surface area contributed by atoms with Gasteiger partial charge in [0.05, 0.1) is 2.74 Å². The number of rotatable bonds is 0. The average molecular weight is 229 g/mol. The Morgan fingerprint density at radius 2 is 2.22 bits per heavy atom. The van der Waals surface area contributed by atoms with Gasteiger partial charge in [-0.05, 0) is 28.0 Å². The fourth-order valence-electron chi connectivity index (χ4n) is 0.354. The molecule has 0 saturated carbocycles. The van der Waals surface area contributed by atoms with E-state index in [4.69, 9.17) is 25.9 Å². The molecule has 0 spiro atoms. The Hall–Kier alpha value is 0.210. The van der Waals surface area contributed by atoms with E-state index in [1.54, 1.807) is 0 Å². The SMILES string of the molecule is [2H]c1c(Cl)nc(Br)c([2H])c1Cl. The van der Waals surface area contributed by atoms with Crippen LogP contribution in [-0.2, 0) is 0 Å². The summed E-state index contributed by atoms with van der Waals surface area (Å²) in [5.41, 5.74) is 0. The molecular formula is C5H2BrCl2N. The topological polar surface area (TPSA) is 12.9 Å². The molecule has 9 heavy (non-hydrogen) atoms. The van der Waals surface area contributed by atoms with E-state index < -0.39 is 0 Å². The summed E-state index contributed by atoms with van der Waals surface area (Å²) in [6, 6.07) is -0.123. The number of hydrogen-bond acceptors (Lipinski definition) is 1. The molecule has 1 aromatic heterocycles. The van der Waals surface area contributed by atoms with Crippen molar-refractivity contribution in [2.75, 3.05) is 0 Å². The van der Waals surface area contributed by atoms with Gasteiger partial charge in [0.2, 0.25) is 0 Å². The third kappa shape index (κ3) is 2.12. The minimum absolute atomic E-state index is 0.00197. The fraction of sp³-hybridized carbons (Fsp3) is 0. The van der Waals surface area contributed by atoms with E-state index in [2.05, 4.69) is 20.9 Å². The molecule has 48 valence electrons. The van der Waals surface area contributed by atoms with Gasteiger partial charge in [0.15, 0.2) is 0 Å². The number of halogens is 3. The molecule has 1 rings (SSSR count). The van der Waals surface area contributed by atoms with E-state index in [1.165, 1.54) is 0 Å². The number of hydrogen-bond donors (Lipinski definition) is 0. The van der Waals surface area contributed by atoms with E-state index in [0.717, 1.165) is 0 Å². The molecule has 0 unspecified atom stereocenters. The molecule has 1 nitrogen and oxygen atoms in total. The molecule has 0 aliphatic rings. The molecule has 0 aliphatic heterocycles. The predicted molar refractivity (Wildman–Crippen MR) is 42.0 cm³/mol. The van der Waals surface area contributed by atoms with Crippen molar-refractivity contribution in [2.24, 2.45) is 0 Å². The van der Waals surface area contributed by atoms with Gasteiger partial charge >= 0.3 is 0 Å². The highest BCUT2D eigenvalue weighted by Crippen LogP contribution is 2.18. The van der Waals surface area contributed by atoms with Crippen LogP contribution in [0.25, 0.3) is 0 Å². The summed E-state index contributed by atoms with van der Waals surface area (Å²) in [7, 11) is 0. The summed E-state index contributed by atoms with van der Waals surface area (Å²) >= 11 is 14.0. The van der Waals surface area contributed by atoms with Crippen LogP contribution in [0.1, 0.15) is 2.74 Å². The molecule has 0 radical (unpaired) electrons. The van der Waals surface area contributed by atoms with Crippen LogP contribution >= 0.6 is 39.1 Å². The Balaban J connectivity index is 3.46. The molecule has 4 heteroatoms. The highest BCUT2D eigenvalue weighted by molar-refractivity contribution is 9.10. The summed E-state index contributed by atoms with van der Waals surface area (Å²) in [6.45, 7) is 0. The lowest BCUT2D eigenvalue weighted by Gasteiger charge is -1.91. The first kappa shape index (κ1) is 4.94. The summed E-state index contributed by atoms with van der Waals surface area (Å²) in [5, 5.41) is 0.00903. The summed E-state index contributed by atoms with van der Waals surface area (Å²) in [4.78, 5) is 3.66. The quantitative estimate of drug-likeness (QED) is 0.622. The van der Waals surface area contributed by atoms with Crippen LogP contribution < -0.4 is 0 Å². The van der Waals surface area contributed by atoms with Gasteiger partial charge in [-0.2, -0.15) is 0 Å². The van der Waals surface area contributed by atoms with Gasteiger partial charge in [-0.15, -0.1) is 0 Å². The lowest BCUT2D eigenvalue weighted by atomic mass is 10.5. The average Bonchev–Trinajstić information content (AvgIpc) is 1.97. The van der Waals surface area contributed by atoms with E-state index in [1.807, 2.05) is 0 Å². The van der Waals surface area contributed by atoms with Crippen molar-refractivity contribution < 1.29 is 2.74 Å². The molecule has 1 heterocycles. The molecule has 0 aromatic carbocycles. The van der Waals surface area contributed by atoms with Gasteiger partial charge in [-0.3, -0.25) is 0 Å².